The number of amides is 1. The summed E-state index contributed by atoms with van der Waals surface area (Å²) in [6.45, 7) is 4.28. The first-order valence-electron chi connectivity index (χ1n) is 7.19. The number of nitrogens with one attached hydrogen (secondary N) is 1. The van der Waals surface area contributed by atoms with Gasteiger partial charge in [-0.25, -0.2) is 0 Å². The van der Waals surface area contributed by atoms with Gasteiger partial charge in [0, 0.05) is 26.1 Å². The molecule has 20 heavy (non-hydrogen) atoms. The number of benzene rings is 2. The minimum absolute atomic E-state index is 0.159. The molecule has 1 amide bonds. The Morgan fingerprint density at radius 1 is 1.25 bits per heavy atom. The van der Waals surface area contributed by atoms with Gasteiger partial charge in [-0.2, -0.15) is 0 Å². The number of hydrogen-bond acceptors (Lipinski definition) is 2. The number of hydrogen-bond donors (Lipinski definition) is 1. The van der Waals surface area contributed by atoms with Crippen molar-refractivity contribution < 1.29 is 4.79 Å². The molecule has 2 aromatic rings. The van der Waals surface area contributed by atoms with Crippen LogP contribution in [0.15, 0.2) is 42.5 Å². The zero-order valence-electron chi connectivity index (χ0n) is 11.8. The van der Waals surface area contributed by atoms with Crippen LogP contribution in [0.25, 0.3) is 10.8 Å². The van der Waals surface area contributed by atoms with Crippen molar-refractivity contribution in [1.29, 1.82) is 0 Å². The Balaban J connectivity index is 1.84. The van der Waals surface area contributed by atoms with Gasteiger partial charge in [0.05, 0.1) is 0 Å². The quantitative estimate of drug-likeness (QED) is 0.928. The number of carbonyl (C=O) groups excluding carboxylic acids is 1. The maximum atomic E-state index is 11.9. The van der Waals surface area contributed by atoms with Gasteiger partial charge < -0.3 is 10.2 Å². The largest absolute Gasteiger partial charge is 0.334 e. The van der Waals surface area contributed by atoms with Crippen molar-refractivity contribution in [1.82, 2.24) is 10.2 Å². The lowest BCUT2D eigenvalue weighted by Crippen LogP contribution is -2.39. The summed E-state index contributed by atoms with van der Waals surface area (Å²) in [4.78, 5) is 13.9. The molecule has 3 heteroatoms. The van der Waals surface area contributed by atoms with Crippen LogP contribution in [0.1, 0.15) is 18.9 Å². The Morgan fingerprint density at radius 3 is 2.75 bits per heavy atom. The van der Waals surface area contributed by atoms with Crippen LogP contribution in [0, 0.1) is 0 Å². The van der Waals surface area contributed by atoms with Crippen molar-refractivity contribution in [3.8, 4) is 0 Å². The highest BCUT2D eigenvalue weighted by Crippen LogP contribution is 2.19. The third kappa shape index (κ3) is 2.68. The second-order valence-electron chi connectivity index (χ2n) is 5.48. The van der Waals surface area contributed by atoms with Crippen LogP contribution in [0.5, 0.6) is 0 Å². The first-order valence-corrected chi connectivity index (χ1v) is 7.19. The van der Waals surface area contributed by atoms with E-state index in [1.54, 1.807) is 6.92 Å². The fourth-order valence-corrected chi connectivity index (χ4v) is 2.94. The highest BCUT2D eigenvalue weighted by molar-refractivity contribution is 5.83. The summed E-state index contributed by atoms with van der Waals surface area (Å²) < 4.78 is 0. The topological polar surface area (TPSA) is 32.3 Å². The zero-order valence-corrected chi connectivity index (χ0v) is 11.8. The molecule has 1 atom stereocenters. The van der Waals surface area contributed by atoms with Gasteiger partial charge in [0.2, 0.25) is 5.91 Å². The normalized spacial score (nSPS) is 18.4. The Hall–Kier alpha value is -1.87. The van der Waals surface area contributed by atoms with Crippen LogP contribution in [-0.4, -0.2) is 29.9 Å². The van der Waals surface area contributed by atoms with E-state index in [0.29, 0.717) is 12.6 Å². The lowest BCUT2D eigenvalue weighted by Gasteiger charge is -2.27. The number of nitrogens with zero attached hydrogens (tertiary/aromatic N) is 1. The molecule has 1 N–H and O–H groups in total. The standard InChI is InChI=1S/C17H20N2O/c1-13(20)19(17-8-9-18-11-17)12-14-6-7-15-4-2-3-5-16(15)10-14/h2-7,10,17-18H,8-9,11-12H2,1H3/t17-/m0/s1. The second kappa shape index (κ2) is 5.63. The molecule has 0 radical (unpaired) electrons. The molecule has 1 fully saturated rings. The van der Waals surface area contributed by atoms with Crippen LogP contribution in [-0.2, 0) is 11.3 Å². The predicted octanol–water partition coefficient (Wildman–Crippen LogP) is 2.55. The van der Waals surface area contributed by atoms with Crippen LogP contribution >= 0.6 is 0 Å². The molecular weight excluding hydrogens is 248 g/mol. The maximum absolute atomic E-state index is 11.9. The van der Waals surface area contributed by atoms with E-state index in [9.17, 15) is 4.79 Å². The summed E-state index contributed by atoms with van der Waals surface area (Å²) in [7, 11) is 0. The van der Waals surface area contributed by atoms with Crippen LogP contribution < -0.4 is 5.32 Å². The molecule has 1 saturated heterocycles. The van der Waals surface area contributed by atoms with Crippen molar-refractivity contribution in [2.45, 2.75) is 25.9 Å². The third-order valence-electron chi connectivity index (χ3n) is 4.05. The van der Waals surface area contributed by atoms with Gasteiger partial charge in [0.25, 0.3) is 0 Å². The van der Waals surface area contributed by atoms with E-state index in [1.807, 2.05) is 11.0 Å². The molecule has 1 heterocycles. The van der Waals surface area contributed by atoms with Crippen LogP contribution in [0.2, 0.25) is 0 Å². The molecule has 0 unspecified atom stereocenters. The molecule has 0 aromatic heterocycles. The zero-order chi connectivity index (χ0) is 13.9. The average Bonchev–Trinajstić information content (AvgIpc) is 2.98. The predicted molar refractivity (Wildman–Crippen MR) is 81.4 cm³/mol. The molecule has 3 rings (SSSR count). The van der Waals surface area contributed by atoms with Gasteiger partial charge >= 0.3 is 0 Å². The Bertz CT molecular complexity index is 617. The van der Waals surface area contributed by atoms with Gasteiger partial charge in [0.15, 0.2) is 0 Å². The van der Waals surface area contributed by atoms with Gasteiger partial charge in [-0.05, 0) is 35.4 Å². The molecule has 2 aromatic carbocycles. The number of carbonyl (C=O) groups is 1. The molecule has 0 spiro atoms. The summed E-state index contributed by atoms with van der Waals surface area (Å²) in [6, 6.07) is 15.1. The third-order valence-corrected chi connectivity index (χ3v) is 4.05. The molecular formula is C17H20N2O. The van der Waals surface area contributed by atoms with Crippen molar-refractivity contribution in [3.63, 3.8) is 0 Å². The highest BCUT2D eigenvalue weighted by atomic mass is 16.2. The number of fused-ring (bicyclic) bond motifs is 1. The molecule has 0 bridgehead atoms. The fourth-order valence-electron chi connectivity index (χ4n) is 2.94. The second-order valence-corrected chi connectivity index (χ2v) is 5.48. The molecule has 1 aliphatic rings. The van der Waals surface area contributed by atoms with Crippen molar-refractivity contribution in [2.75, 3.05) is 13.1 Å². The van der Waals surface area contributed by atoms with E-state index < -0.39 is 0 Å². The maximum Gasteiger partial charge on any atom is 0.220 e. The van der Waals surface area contributed by atoms with Crippen molar-refractivity contribution in [2.24, 2.45) is 0 Å². The lowest BCUT2D eigenvalue weighted by molar-refractivity contribution is -0.131. The average molecular weight is 268 g/mol. The Morgan fingerprint density at radius 2 is 2.05 bits per heavy atom. The highest BCUT2D eigenvalue weighted by Gasteiger charge is 2.24. The smallest absolute Gasteiger partial charge is 0.220 e. The summed E-state index contributed by atoms with van der Waals surface area (Å²) in [5, 5.41) is 5.81. The molecule has 0 aliphatic carbocycles. The monoisotopic (exact) mass is 268 g/mol. The van der Waals surface area contributed by atoms with Crippen LogP contribution in [0.4, 0.5) is 0 Å². The summed E-state index contributed by atoms with van der Waals surface area (Å²) in [6.07, 6.45) is 1.05. The van der Waals surface area contributed by atoms with Gasteiger partial charge in [-0.15, -0.1) is 0 Å². The minimum Gasteiger partial charge on any atom is -0.334 e. The molecule has 104 valence electrons. The summed E-state index contributed by atoms with van der Waals surface area (Å²) in [5.41, 5.74) is 1.20. The first-order chi connectivity index (χ1) is 9.74. The lowest BCUT2D eigenvalue weighted by atomic mass is 10.1. The van der Waals surface area contributed by atoms with E-state index in [2.05, 4.69) is 41.7 Å². The van der Waals surface area contributed by atoms with Crippen LogP contribution in [0.3, 0.4) is 0 Å². The van der Waals surface area contributed by atoms with E-state index >= 15 is 0 Å². The summed E-state index contributed by atoms with van der Waals surface area (Å²) in [5.74, 6) is 0.159. The van der Waals surface area contributed by atoms with E-state index in [0.717, 1.165) is 19.5 Å². The van der Waals surface area contributed by atoms with Gasteiger partial charge in [-0.3, -0.25) is 4.79 Å². The first kappa shape index (κ1) is 13.1. The molecule has 1 aliphatic heterocycles. The molecule has 0 saturated carbocycles. The molecule has 3 nitrogen and oxygen atoms in total. The van der Waals surface area contributed by atoms with E-state index in [4.69, 9.17) is 0 Å². The van der Waals surface area contributed by atoms with Crippen molar-refractivity contribution in [3.05, 3.63) is 48.0 Å². The van der Waals surface area contributed by atoms with E-state index in [-0.39, 0.29) is 5.91 Å². The summed E-state index contributed by atoms with van der Waals surface area (Å²) >= 11 is 0. The fraction of sp³-hybridized carbons (Fsp3) is 0.353. The minimum atomic E-state index is 0.159. The van der Waals surface area contributed by atoms with Gasteiger partial charge in [-0.1, -0.05) is 36.4 Å². The van der Waals surface area contributed by atoms with Crippen molar-refractivity contribution >= 4 is 16.7 Å². The van der Waals surface area contributed by atoms with Gasteiger partial charge in [0.1, 0.15) is 0 Å². The number of rotatable bonds is 3. The van der Waals surface area contributed by atoms with E-state index in [1.165, 1.54) is 16.3 Å². The SMILES string of the molecule is CC(=O)N(Cc1ccc2ccccc2c1)[C@H]1CCNC1. The Labute approximate surface area is 119 Å². The Kier molecular flexibility index (Phi) is 3.70.